The third kappa shape index (κ3) is 2.96. The summed E-state index contributed by atoms with van der Waals surface area (Å²) in [5.74, 6) is 0.479. The SMILES string of the molecule is CCOC(=O)Cc1nc(N)c(C#N)c(-c2ccc3c(c2)OCO3)c1C#N. The van der Waals surface area contributed by atoms with Crippen LogP contribution in [0.25, 0.3) is 11.1 Å². The first-order valence-electron chi connectivity index (χ1n) is 7.77. The first-order valence-corrected chi connectivity index (χ1v) is 7.77. The van der Waals surface area contributed by atoms with Gasteiger partial charge in [0, 0.05) is 5.56 Å². The van der Waals surface area contributed by atoms with Crippen molar-refractivity contribution in [3.05, 3.63) is 35.0 Å². The zero-order chi connectivity index (χ0) is 18.7. The van der Waals surface area contributed by atoms with Gasteiger partial charge in [-0.15, -0.1) is 0 Å². The lowest BCUT2D eigenvalue weighted by atomic mass is 9.93. The number of nitrogens with two attached hydrogens (primary N) is 1. The van der Waals surface area contributed by atoms with E-state index in [1.807, 2.05) is 12.1 Å². The topological polar surface area (TPSA) is 131 Å². The van der Waals surface area contributed by atoms with E-state index >= 15 is 0 Å². The summed E-state index contributed by atoms with van der Waals surface area (Å²) in [5, 5.41) is 19.2. The number of esters is 1. The second-order valence-electron chi connectivity index (χ2n) is 5.34. The molecule has 26 heavy (non-hydrogen) atoms. The van der Waals surface area contributed by atoms with Gasteiger partial charge in [0.05, 0.1) is 24.3 Å². The van der Waals surface area contributed by atoms with E-state index in [1.165, 1.54) is 0 Å². The normalized spacial score (nSPS) is 11.5. The zero-order valence-corrected chi connectivity index (χ0v) is 13.9. The molecule has 1 aromatic carbocycles. The number of nitriles is 2. The van der Waals surface area contributed by atoms with E-state index < -0.39 is 5.97 Å². The summed E-state index contributed by atoms with van der Waals surface area (Å²) in [6.45, 7) is 1.99. The number of benzene rings is 1. The van der Waals surface area contributed by atoms with Crippen LogP contribution < -0.4 is 15.2 Å². The molecule has 1 aliphatic heterocycles. The molecule has 2 heterocycles. The number of nitrogen functional groups attached to an aromatic ring is 1. The third-order valence-electron chi connectivity index (χ3n) is 3.80. The molecule has 0 amide bonds. The van der Waals surface area contributed by atoms with Crippen molar-refractivity contribution in [3.63, 3.8) is 0 Å². The number of carbonyl (C=O) groups is 1. The molecule has 2 N–H and O–H groups in total. The van der Waals surface area contributed by atoms with Crippen molar-refractivity contribution in [2.45, 2.75) is 13.3 Å². The van der Waals surface area contributed by atoms with Gasteiger partial charge in [0.2, 0.25) is 6.79 Å². The van der Waals surface area contributed by atoms with Crippen molar-refractivity contribution >= 4 is 11.8 Å². The Labute approximate surface area is 149 Å². The highest BCUT2D eigenvalue weighted by Gasteiger charge is 2.23. The molecule has 0 radical (unpaired) electrons. The van der Waals surface area contributed by atoms with E-state index in [2.05, 4.69) is 4.98 Å². The predicted octanol–water partition coefficient (Wildman–Crippen LogP) is 1.91. The van der Waals surface area contributed by atoms with Crippen molar-refractivity contribution in [1.82, 2.24) is 4.98 Å². The Hall–Kier alpha value is -3.78. The van der Waals surface area contributed by atoms with Crippen LogP contribution in [0, 0.1) is 22.7 Å². The smallest absolute Gasteiger partial charge is 0.311 e. The van der Waals surface area contributed by atoms with E-state index in [9.17, 15) is 15.3 Å². The Kier molecular flexibility index (Phi) is 4.59. The molecule has 0 spiro atoms. The van der Waals surface area contributed by atoms with Crippen molar-refractivity contribution < 1.29 is 19.0 Å². The summed E-state index contributed by atoms with van der Waals surface area (Å²) >= 11 is 0. The van der Waals surface area contributed by atoms with Crippen molar-refractivity contribution in [3.8, 4) is 34.8 Å². The number of fused-ring (bicyclic) bond motifs is 1. The van der Waals surface area contributed by atoms with Gasteiger partial charge in [-0.2, -0.15) is 10.5 Å². The van der Waals surface area contributed by atoms with Crippen molar-refractivity contribution in [2.24, 2.45) is 0 Å². The van der Waals surface area contributed by atoms with Gasteiger partial charge in [0.25, 0.3) is 0 Å². The van der Waals surface area contributed by atoms with E-state index in [1.54, 1.807) is 25.1 Å². The molecular weight excluding hydrogens is 336 g/mol. The monoisotopic (exact) mass is 350 g/mol. The van der Waals surface area contributed by atoms with Crippen LogP contribution in [-0.2, 0) is 16.0 Å². The van der Waals surface area contributed by atoms with Crippen molar-refractivity contribution in [2.75, 3.05) is 19.1 Å². The lowest BCUT2D eigenvalue weighted by Gasteiger charge is -2.13. The van der Waals surface area contributed by atoms with Crippen LogP contribution in [0.2, 0.25) is 0 Å². The fraction of sp³-hybridized carbons (Fsp3) is 0.222. The molecule has 130 valence electrons. The number of nitrogens with zero attached hydrogens (tertiary/aromatic N) is 3. The highest BCUT2D eigenvalue weighted by atomic mass is 16.7. The molecule has 8 heteroatoms. The molecule has 0 fully saturated rings. The molecule has 0 saturated heterocycles. The number of carbonyl (C=O) groups excluding carboxylic acids is 1. The van der Waals surface area contributed by atoms with Crippen LogP contribution in [-0.4, -0.2) is 24.4 Å². The Morgan fingerprint density at radius 3 is 2.69 bits per heavy atom. The molecule has 2 aromatic rings. The Morgan fingerprint density at radius 2 is 2.00 bits per heavy atom. The number of aromatic nitrogens is 1. The van der Waals surface area contributed by atoms with E-state index in [0.29, 0.717) is 22.6 Å². The highest BCUT2D eigenvalue weighted by molar-refractivity contribution is 5.84. The van der Waals surface area contributed by atoms with Crippen LogP contribution in [0.1, 0.15) is 23.7 Å². The molecule has 0 aliphatic carbocycles. The lowest BCUT2D eigenvalue weighted by Crippen LogP contribution is -2.13. The van der Waals surface area contributed by atoms with Gasteiger partial charge in [-0.25, -0.2) is 4.98 Å². The van der Waals surface area contributed by atoms with Gasteiger partial charge in [-0.3, -0.25) is 4.79 Å². The number of pyridine rings is 1. The number of anilines is 1. The second kappa shape index (κ2) is 6.99. The zero-order valence-electron chi connectivity index (χ0n) is 13.9. The van der Waals surface area contributed by atoms with Crippen LogP contribution >= 0.6 is 0 Å². The Balaban J connectivity index is 2.19. The maximum atomic E-state index is 11.8. The minimum absolute atomic E-state index is 0.0570. The first-order chi connectivity index (χ1) is 12.6. The van der Waals surface area contributed by atoms with Gasteiger partial charge >= 0.3 is 5.97 Å². The fourth-order valence-corrected chi connectivity index (χ4v) is 2.71. The Morgan fingerprint density at radius 1 is 1.27 bits per heavy atom. The molecular formula is C18H14N4O4. The largest absolute Gasteiger partial charge is 0.466 e. The molecule has 0 bridgehead atoms. The molecule has 8 nitrogen and oxygen atoms in total. The average Bonchev–Trinajstić information content (AvgIpc) is 3.09. The molecule has 1 aliphatic rings. The van der Waals surface area contributed by atoms with E-state index in [0.717, 1.165) is 0 Å². The van der Waals surface area contributed by atoms with Gasteiger partial charge < -0.3 is 19.9 Å². The quantitative estimate of drug-likeness (QED) is 0.827. The van der Waals surface area contributed by atoms with Crippen LogP contribution in [0.15, 0.2) is 18.2 Å². The second-order valence-corrected chi connectivity index (χ2v) is 5.34. The fourth-order valence-electron chi connectivity index (χ4n) is 2.71. The summed E-state index contributed by atoms with van der Waals surface area (Å²) in [5.41, 5.74) is 7.08. The van der Waals surface area contributed by atoms with Gasteiger partial charge in [-0.1, -0.05) is 6.07 Å². The van der Waals surface area contributed by atoms with Crippen LogP contribution in [0.3, 0.4) is 0 Å². The van der Waals surface area contributed by atoms with Crippen LogP contribution in [0.4, 0.5) is 5.82 Å². The Bertz CT molecular complexity index is 973. The van der Waals surface area contributed by atoms with Gasteiger partial charge in [0.1, 0.15) is 23.5 Å². The summed E-state index contributed by atoms with van der Waals surface area (Å²) in [6.07, 6.45) is -0.218. The average molecular weight is 350 g/mol. The minimum Gasteiger partial charge on any atom is -0.466 e. The highest BCUT2D eigenvalue weighted by Crippen LogP contribution is 2.39. The minimum atomic E-state index is -0.530. The number of hydrogen-bond acceptors (Lipinski definition) is 8. The molecule has 1 aromatic heterocycles. The summed E-state index contributed by atoms with van der Waals surface area (Å²) in [4.78, 5) is 15.9. The van der Waals surface area contributed by atoms with E-state index in [4.69, 9.17) is 19.9 Å². The summed E-state index contributed by atoms with van der Waals surface area (Å²) in [7, 11) is 0. The predicted molar refractivity (Wildman–Crippen MR) is 90.0 cm³/mol. The maximum absolute atomic E-state index is 11.8. The molecule has 0 atom stereocenters. The van der Waals surface area contributed by atoms with Crippen molar-refractivity contribution in [1.29, 1.82) is 10.5 Å². The maximum Gasteiger partial charge on any atom is 0.311 e. The number of rotatable bonds is 4. The summed E-state index contributed by atoms with van der Waals surface area (Å²) in [6, 6.07) is 9.05. The number of ether oxygens (including phenoxy) is 3. The van der Waals surface area contributed by atoms with Gasteiger partial charge in [-0.05, 0) is 24.6 Å². The van der Waals surface area contributed by atoms with Crippen LogP contribution in [0.5, 0.6) is 11.5 Å². The third-order valence-corrected chi connectivity index (χ3v) is 3.80. The van der Waals surface area contributed by atoms with E-state index in [-0.39, 0.29) is 42.5 Å². The number of hydrogen-bond donors (Lipinski definition) is 1. The van der Waals surface area contributed by atoms with Gasteiger partial charge in [0.15, 0.2) is 11.5 Å². The standard InChI is InChI=1S/C18H14N4O4/c1-2-24-16(23)6-13-11(7-19)17(12(8-20)18(21)22-13)10-3-4-14-15(5-10)26-9-25-14/h3-5H,2,6,9H2,1H3,(H2,21,22). The molecule has 3 rings (SSSR count). The first kappa shape index (κ1) is 17.1. The molecule has 0 saturated carbocycles. The molecule has 0 unspecified atom stereocenters. The lowest BCUT2D eigenvalue weighted by molar-refractivity contribution is -0.142. The summed E-state index contributed by atoms with van der Waals surface area (Å²) < 4.78 is 15.6.